The fourth-order valence-corrected chi connectivity index (χ4v) is 2.68. The molecule has 1 aromatic carbocycles. The van der Waals surface area contributed by atoms with E-state index in [4.69, 9.17) is 28.9 Å². The van der Waals surface area contributed by atoms with Crippen molar-refractivity contribution in [1.82, 2.24) is 4.90 Å². The SMILES string of the molecule is CC(N)CCCC(=O)N(Cc1ccc(Cl)c(Cl)c1)C1CC1. The Morgan fingerprint density at radius 3 is 2.67 bits per heavy atom. The van der Waals surface area contributed by atoms with Gasteiger partial charge in [0, 0.05) is 25.0 Å². The van der Waals surface area contributed by atoms with Gasteiger partial charge in [0.1, 0.15) is 0 Å². The van der Waals surface area contributed by atoms with E-state index in [0.29, 0.717) is 29.1 Å². The number of nitrogens with two attached hydrogens (primary N) is 1. The van der Waals surface area contributed by atoms with Crippen molar-refractivity contribution in [2.75, 3.05) is 0 Å². The van der Waals surface area contributed by atoms with Crippen LogP contribution in [-0.4, -0.2) is 22.9 Å². The maximum Gasteiger partial charge on any atom is 0.223 e. The Kier molecular flexibility index (Phi) is 5.91. The van der Waals surface area contributed by atoms with Crippen LogP contribution in [0.5, 0.6) is 0 Å². The summed E-state index contributed by atoms with van der Waals surface area (Å²) in [6.45, 7) is 2.58. The second kappa shape index (κ2) is 7.48. The van der Waals surface area contributed by atoms with E-state index in [1.165, 1.54) is 0 Å². The molecule has 1 saturated carbocycles. The van der Waals surface area contributed by atoms with Gasteiger partial charge in [-0.25, -0.2) is 0 Å². The summed E-state index contributed by atoms with van der Waals surface area (Å²) in [6, 6.07) is 6.10. The molecule has 0 heterocycles. The smallest absolute Gasteiger partial charge is 0.223 e. The van der Waals surface area contributed by atoms with Crippen molar-refractivity contribution in [3.05, 3.63) is 33.8 Å². The Balaban J connectivity index is 1.95. The molecule has 1 aliphatic rings. The molecular weight excluding hydrogens is 307 g/mol. The van der Waals surface area contributed by atoms with Gasteiger partial charge in [-0.2, -0.15) is 0 Å². The van der Waals surface area contributed by atoms with E-state index in [0.717, 1.165) is 31.2 Å². The Labute approximate surface area is 136 Å². The predicted octanol–water partition coefficient (Wildman–Crippen LogP) is 4.00. The third-order valence-electron chi connectivity index (χ3n) is 3.70. The molecular formula is C16H22Cl2N2O. The number of hydrogen-bond acceptors (Lipinski definition) is 2. The summed E-state index contributed by atoms with van der Waals surface area (Å²) in [5.74, 6) is 0.212. The monoisotopic (exact) mass is 328 g/mol. The van der Waals surface area contributed by atoms with Gasteiger partial charge in [0.05, 0.1) is 10.0 Å². The largest absolute Gasteiger partial charge is 0.335 e. The lowest BCUT2D eigenvalue weighted by Crippen LogP contribution is -2.32. The number of benzene rings is 1. The summed E-state index contributed by atoms with van der Waals surface area (Å²) in [4.78, 5) is 14.4. The van der Waals surface area contributed by atoms with Crippen LogP contribution in [0.1, 0.15) is 44.6 Å². The molecule has 1 aliphatic carbocycles. The number of carbonyl (C=O) groups excluding carboxylic acids is 1. The first-order valence-electron chi connectivity index (χ1n) is 7.46. The van der Waals surface area contributed by atoms with Gasteiger partial charge in [-0.15, -0.1) is 0 Å². The second-order valence-corrected chi connectivity index (χ2v) is 6.69. The van der Waals surface area contributed by atoms with Crippen molar-refractivity contribution in [3.63, 3.8) is 0 Å². The minimum atomic E-state index is 0.155. The van der Waals surface area contributed by atoms with Crippen LogP contribution in [-0.2, 0) is 11.3 Å². The molecule has 0 spiro atoms. The van der Waals surface area contributed by atoms with Crippen LogP contribution < -0.4 is 5.73 Å². The van der Waals surface area contributed by atoms with E-state index in [-0.39, 0.29) is 11.9 Å². The summed E-state index contributed by atoms with van der Waals surface area (Å²) < 4.78 is 0. The topological polar surface area (TPSA) is 46.3 Å². The highest BCUT2D eigenvalue weighted by atomic mass is 35.5. The zero-order chi connectivity index (χ0) is 15.4. The van der Waals surface area contributed by atoms with Crippen molar-refractivity contribution in [2.24, 2.45) is 5.73 Å². The number of hydrogen-bond donors (Lipinski definition) is 1. The summed E-state index contributed by atoms with van der Waals surface area (Å²) in [6.07, 6.45) is 4.50. The molecule has 1 amide bonds. The minimum absolute atomic E-state index is 0.155. The first-order valence-corrected chi connectivity index (χ1v) is 8.22. The van der Waals surface area contributed by atoms with Crippen LogP contribution >= 0.6 is 23.2 Å². The van der Waals surface area contributed by atoms with Crippen LogP contribution in [0.3, 0.4) is 0 Å². The van der Waals surface area contributed by atoms with E-state index in [1.807, 2.05) is 24.0 Å². The average molecular weight is 329 g/mol. The Morgan fingerprint density at radius 2 is 2.10 bits per heavy atom. The first kappa shape index (κ1) is 16.6. The van der Waals surface area contributed by atoms with Crippen LogP contribution in [0.25, 0.3) is 0 Å². The van der Waals surface area contributed by atoms with Crippen molar-refractivity contribution < 1.29 is 4.79 Å². The molecule has 21 heavy (non-hydrogen) atoms. The molecule has 2 N–H and O–H groups in total. The first-order chi connectivity index (χ1) is 9.97. The number of nitrogens with zero attached hydrogens (tertiary/aromatic N) is 1. The number of rotatable bonds is 7. The molecule has 0 bridgehead atoms. The number of halogens is 2. The van der Waals surface area contributed by atoms with Crippen molar-refractivity contribution >= 4 is 29.1 Å². The fraction of sp³-hybridized carbons (Fsp3) is 0.562. The number of amides is 1. The highest BCUT2D eigenvalue weighted by Gasteiger charge is 2.32. The quantitative estimate of drug-likeness (QED) is 0.822. The standard InChI is InChI=1S/C16H22Cl2N2O/c1-11(19)3-2-4-16(21)20(13-6-7-13)10-12-5-8-14(17)15(18)9-12/h5,8-9,11,13H,2-4,6-7,10,19H2,1H3. The second-order valence-electron chi connectivity index (χ2n) is 5.87. The van der Waals surface area contributed by atoms with E-state index in [2.05, 4.69) is 0 Å². The van der Waals surface area contributed by atoms with Gasteiger partial charge in [-0.3, -0.25) is 4.79 Å². The molecule has 2 rings (SSSR count). The lowest BCUT2D eigenvalue weighted by Gasteiger charge is -2.23. The van der Waals surface area contributed by atoms with Crippen LogP contribution in [0.2, 0.25) is 10.0 Å². The lowest BCUT2D eigenvalue weighted by molar-refractivity contribution is -0.132. The molecule has 1 unspecified atom stereocenters. The summed E-state index contributed by atoms with van der Waals surface area (Å²) in [5, 5.41) is 1.08. The van der Waals surface area contributed by atoms with E-state index in [1.54, 1.807) is 6.07 Å². The van der Waals surface area contributed by atoms with Crippen LogP contribution in [0, 0.1) is 0 Å². The fourth-order valence-electron chi connectivity index (χ4n) is 2.36. The van der Waals surface area contributed by atoms with E-state index in [9.17, 15) is 4.79 Å². The molecule has 1 atom stereocenters. The maximum atomic E-state index is 12.4. The van der Waals surface area contributed by atoms with Crippen molar-refractivity contribution in [2.45, 2.75) is 57.7 Å². The number of carbonyl (C=O) groups is 1. The van der Waals surface area contributed by atoms with Gasteiger partial charge >= 0.3 is 0 Å². The summed E-state index contributed by atoms with van der Waals surface area (Å²) in [5.41, 5.74) is 6.75. The molecule has 1 aromatic rings. The highest BCUT2D eigenvalue weighted by molar-refractivity contribution is 6.42. The third-order valence-corrected chi connectivity index (χ3v) is 4.43. The van der Waals surface area contributed by atoms with Crippen LogP contribution in [0.4, 0.5) is 0 Å². The van der Waals surface area contributed by atoms with Crippen molar-refractivity contribution in [1.29, 1.82) is 0 Å². The van der Waals surface area contributed by atoms with Crippen LogP contribution in [0.15, 0.2) is 18.2 Å². The Hall–Kier alpha value is -0.770. The van der Waals surface area contributed by atoms with Gasteiger partial charge in [-0.05, 0) is 50.3 Å². The molecule has 0 aromatic heterocycles. The molecule has 3 nitrogen and oxygen atoms in total. The molecule has 0 aliphatic heterocycles. The van der Waals surface area contributed by atoms with Gasteiger partial charge in [0.15, 0.2) is 0 Å². The minimum Gasteiger partial charge on any atom is -0.335 e. The molecule has 1 fully saturated rings. The van der Waals surface area contributed by atoms with Gasteiger partial charge < -0.3 is 10.6 Å². The van der Waals surface area contributed by atoms with E-state index < -0.39 is 0 Å². The summed E-state index contributed by atoms with van der Waals surface area (Å²) >= 11 is 12.0. The van der Waals surface area contributed by atoms with Gasteiger partial charge in [0.2, 0.25) is 5.91 Å². The van der Waals surface area contributed by atoms with Gasteiger partial charge in [-0.1, -0.05) is 29.3 Å². The molecule has 116 valence electrons. The highest BCUT2D eigenvalue weighted by Crippen LogP contribution is 2.30. The van der Waals surface area contributed by atoms with Gasteiger partial charge in [0.25, 0.3) is 0 Å². The molecule has 5 heteroatoms. The van der Waals surface area contributed by atoms with Crippen molar-refractivity contribution in [3.8, 4) is 0 Å². The predicted molar refractivity (Wildman–Crippen MR) is 87.5 cm³/mol. The zero-order valence-corrected chi connectivity index (χ0v) is 13.8. The average Bonchev–Trinajstić information content (AvgIpc) is 3.23. The summed E-state index contributed by atoms with van der Waals surface area (Å²) in [7, 11) is 0. The third kappa shape index (κ3) is 5.17. The maximum absolute atomic E-state index is 12.4. The molecule has 0 saturated heterocycles. The normalized spacial score (nSPS) is 15.8. The lowest BCUT2D eigenvalue weighted by atomic mass is 10.1. The molecule has 0 radical (unpaired) electrons. The Bertz CT molecular complexity index is 501. The van der Waals surface area contributed by atoms with E-state index >= 15 is 0 Å². The Morgan fingerprint density at radius 1 is 1.38 bits per heavy atom. The zero-order valence-electron chi connectivity index (χ0n) is 12.3.